The van der Waals surface area contributed by atoms with Crippen molar-refractivity contribution >= 4 is 17.3 Å². The van der Waals surface area contributed by atoms with Crippen LogP contribution in [0.5, 0.6) is 0 Å². The number of aromatic amines is 1. The highest BCUT2D eigenvalue weighted by molar-refractivity contribution is 6.30. The van der Waals surface area contributed by atoms with Crippen LogP contribution in [0.1, 0.15) is 35.6 Å². The molecule has 0 fully saturated rings. The Balaban J connectivity index is 2.40. The summed E-state index contributed by atoms with van der Waals surface area (Å²) in [6.45, 7) is 5.37. The molecule has 21 heavy (non-hydrogen) atoms. The number of aromatic nitrogens is 2. The number of benzene rings is 1. The number of halogens is 1. The molecule has 0 aliphatic heterocycles. The first-order valence-corrected chi connectivity index (χ1v) is 6.83. The Morgan fingerprint density at radius 3 is 2.76 bits per heavy atom. The van der Waals surface area contributed by atoms with E-state index >= 15 is 0 Å². The molecule has 0 aliphatic rings. The number of nitrogens with zero attached hydrogens (tertiary/aromatic N) is 2. The highest BCUT2D eigenvalue weighted by Crippen LogP contribution is 2.24. The summed E-state index contributed by atoms with van der Waals surface area (Å²) in [6.07, 6.45) is 0. The monoisotopic (exact) mass is 302 g/mol. The van der Waals surface area contributed by atoms with Gasteiger partial charge in [-0.1, -0.05) is 11.6 Å². The number of nitriles is 1. The van der Waals surface area contributed by atoms with Gasteiger partial charge >= 0.3 is 0 Å². The molecule has 0 saturated heterocycles. The molecule has 0 spiro atoms. The van der Waals surface area contributed by atoms with Crippen molar-refractivity contribution in [3.63, 3.8) is 0 Å². The number of nitrogens with one attached hydrogen (secondary N) is 2. The zero-order valence-corrected chi connectivity index (χ0v) is 12.7. The molecule has 0 aliphatic carbocycles. The zero-order chi connectivity index (χ0) is 15.6. The number of H-pyrrole nitrogens is 1. The van der Waals surface area contributed by atoms with E-state index in [2.05, 4.69) is 21.4 Å². The summed E-state index contributed by atoms with van der Waals surface area (Å²) in [7, 11) is 0. The first-order chi connectivity index (χ1) is 9.92. The van der Waals surface area contributed by atoms with Crippen LogP contribution in [-0.2, 0) is 0 Å². The minimum atomic E-state index is -0.299. The molecular formula is C15H15ClN4O. The van der Waals surface area contributed by atoms with E-state index in [1.54, 1.807) is 32.0 Å². The van der Waals surface area contributed by atoms with Crippen LogP contribution in [0.4, 0.5) is 5.69 Å². The molecule has 108 valence electrons. The first kappa shape index (κ1) is 15.1. The molecule has 1 aromatic carbocycles. The molecule has 0 amide bonds. The van der Waals surface area contributed by atoms with Crippen LogP contribution in [-0.4, -0.2) is 9.97 Å². The van der Waals surface area contributed by atoms with Crippen LogP contribution in [0.15, 0.2) is 23.0 Å². The van der Waals surface area contributed by atoms with Crippen molar-refractivity contribution in [3.8, 4) is 6.07 Å². The van der Waals surface area contributed by atoms with E-state index in [1.165, 1.54) is 0 Å². The van der Waals surface area contributed by atoms with E-state index in [-0.39, 0.29) is 11.6 Å². The summed E-state index contributed by atoms with van der Waals surface area (Å²) in [4.78, 5) is 19.0. The number of hydrogen-bond acceptors (Lipinski definition) is 4. The largest absolute Gasteiger partial charge is 0.377 e. The van der Waals surface area contributed by atoms with E-state index in [4.69, 9.17) is 16.9 Å². The molecule has 2 rings (SSSR count). The fraction of sp³-hybridized carbons (Fsp3) is 0.267. The highest BCUT2D eigenvalue weighted by Gasteiger charge is 2.16. The van der Waals surface area contributed by atoms with Crippen LogP contribution >= 0.6 is 11.6 Å². The second kappa shape index (κ2) is 5.98. The second-order valence-electron chi connectivity index (χ2n) is 4.82. The van der Waals surface area contributed by atoms with Crippen molar-refractivity contribution in [3.05, 3.63) is 56.2 Å². The Labute approximate surface area is 127 Å². The van der Waals surface area contributed by atoms with E-state index in [0.29, 0.717) is 33.4 Å². The van der Waals surface area contributed by atoms with Crippen molar-refractivity contribution in [2.24, 2.45) is 0 Å². The summed E-state index contributed by atoms with van der Waals surface area (Å²) < 4.78 is 0. The SMILES string of the molecule is Cc1nc(C)c(C(C)Nc2cc(Cl)ccc2C#N)c(=O)[nH]1. The molecule has 0 radical (unpaired) electrons. The third-order valence-electron chi connectivity index (χ3n) is 3.17. The number of rotatable bonds is 3. The molecule has 0 saturated carbocycles. The Bertz CT molecular complexity index is 776. The fourth-order valence-corrected chi connectivity index (χ4v) is 2.46. The van der Waals surface area contributed by atoms with Crippen molar-refractivity contribution in [1.29, 1.82) is 5.26 Å². The lowest BCUT2D eigenvalue weighted by atomic mass is 10.1. The van der Waals surface area contributed by atoms with Gasteiger partial charge in [-0.05, 0) is 39.0 Å². The third-order valence-corrected chi connectivity index (χ3v) is 3.41. The lowest BCUT2D eigenvalue weighted by molar-refractivity contribution is 0.813. The predicted octanol–water partition coefficient (Wildman–Crippen LogP) is 3.08. The van der Waals surface area contributed by atoms with Gasteiger partial charge in [0.1, 0.15) is 11.9 Å². The molecule has 1 aromatic heterocycles. The van der Waals surface area contributed by atoms with Gasteiger partial charge in [-0.15, -0.1) is 0 Å². The second-order valence-corrected chi connectivity index (χ2v) is 5.25. The van der Waals surface area contributed by atoms with Crippen molar-refractivity contribution < 1.29 is 0 Å². The summed E-state index contributed by atoms with van der Waals surface area (Å²) in [5.74, 6) is 0.578. The highest BCUT2D eigenvalue weighted by atomic mass is 35.5. The molecular weight excluding hydrogens is 288 g/mol. The van der Waals surface area contributed by atoms with Gasteiger partial charge in [-0.3, -0.25) is 4.79 Å². The molecule has 1 unspecified atom stereocenters. The van der Waals surface area contributed by atoms with Gasteiger partial charge in [0, 0.05) is 5.02 Å². The maximum Gasteiger partial charge on any atom is 0.256 e. The quantitative estimate of drug-likeness (QED) is 0.913. The first-order valence-electron chi connectivity index (χ1n) is 6.46. The molecule has 0 bridgehead atoms. The van der Waals surface area contributed by atoms with Gasteiger partial charge in [0.25, 0.3) is 5.56 Å². The fourth-order valence-electron chi connectivity index (χ4n) is 2.28. The Hall–Kier alpha value is -2.32. The van der Waals surface area contributed by atoms with Gasteiger partial charge < -0.3 is 10.3 Å². The van der Waals surface area contributed by atoms with E-state index in [0.717, 1.165) is 0 Å². The molecule has 1 heterocycles. The molecule has 1 atom stereocenters. The average molecular weight is 303 g/mol. The minimum absolute atomic E-state index is 0.180. The van der Waals surface area contributed by atoms with Gasteiger partial charge in [0.15, 0.2) is 0 Å². The maximum absolute atomic E-state index is 12.1. The van der Waals surface area contributed by atoms with Gasteiger partial charge in [0.2, 0.25) is 0 Å². The smallest absolute Gasteiger partial charge is 0.256 e. The Morgan fingerprint density at radius 2 is 2.14 bits per heavy atom. The molecule has 6 heteroatoms. The lowest BCUT2D eigenvalue weighted by Crippen LogP contribution is -2.23. The standard InChI is InChI=1S/C15H15ClN4O/c1-8-14(15(21)20-10(3)18-8)9(2)19-13-6-12(16)5-4-11(13)7-17/h4-6,9,19H,1-3H3,(H,18,20,21). The normalized spacial score (nSPS) is 11.8. The minimum Gasteiger partial charge on any atom is -0.377 e. The van der Waals surface area contributed by atoms with Crippen LogP contribution in [0.2, 0.25) is 5.02 Å². The van der Waals surface area contributed by atoms with Crippen LogP contribution < -0.4 is 10.9 Å². The predicted molar refractivity (Wildman–Crippen MR) is 82.5 cm³/mol. The summed E-state index contributed by atoms with van der Waals surface area (Å²) in [6, 6.07) is 6.76. The van der Waals surface area contributed by atoms with Crippen LogP contribution in [0.3, 0.4) is 0 Å². The zero-order valence-electron chi connectivity index (χ0n) is 12.0. The van der Waals surface area contributed by atoms with E-state index in [9.17, 15) is 4.79 Å². The topological polar surface area (TPSA) is 81.6 Å². The van der Waals surface area contributed by atoms with Gasteiger partial charge in [0.05, 0.1) is 28.6 Å². The van der Waals surface area contributed by atoms with E-state index in [1.807, 2.05) is 6.92 Å². The van der Waals surface area contributed by atoms with Crippen LogP contribution in [0.25, 0.3) is 0 Å². The van der Waals surface area contributed by atoms with Crippen molar-refractivity contribution in [2.75, 3.05) is 5.32 Å². The van der Waals surface area contributed by atoms with Gasteiger partial charge in [-0.25, -0.2) is 4.98 Å². The van der Waals surface area contributed by atoms with Crippen molar-refractivity contribution in [2.45, 2.75) is 26.8 Å². The Kier molecular flexibility index (Phi) is 4.29. The number of aryl methyl sites for hydroxylation is 2. The van der Waals surface area contributed by atoms with Gasteiger partial charge in [-0.2, -0.15) is 5.26 Å². The number of anilines is 1. The summed E-state index contributed by atoms with van der Waals surface area (Å²) in [5.41, 5.74) is 2.10. The molecule has 2 aromatic rings. The van der Waals surface area contributed by atoms with Crippen molar-refractivity contribution in [1.82, 2.24) is 9.97 Å². The summed E-state index contributed by atoms with van der Waals surface area (Å²) >= 11 is 5.96. The molecule has 5 nitrogen and oxygen atoms in total. The lowest BCUT2D eigenvalue weighted by Gasteiger charge is -2.17. The summed E-state index contributed by atoms with van der Waals surface area (Å²) in [5, 5.41) is 12.8. The maximum atomic E-state index is 12.1. The number of hydrogen-bond donors (Lipinski definition) is 2. The van der Waals surface area contributed by atoms with E-state index < -0.39 is 0 Å². The van der Waals surface area contributed by atoms with Crippen LogP contribution in [0, 0.1) is 25.2 Å². The Morgan fingerprint density at radius 1 is 1.43 bits per heavy atom. The average Bonchev–Trinajstić information content (AvgIpc) is 2.37. The third kappa shape index (κ3) is 3.23. The molecule has 2 N–H and O–H groups in total.